The van der Waals surface area contributed by atoms with E-state index in [0.717, 1.165) is 27.4 Å². The Hall–Kier alpha value is -4.29. The standard InChI is InChI=1S/C26H23N7OS/c1-26(23-12-19(16-35-23)18-8-6-7-17(11-18)14-27)22(24(34)32(2)25(28)30-26)13-21-15-29-31-33(21)20-9-4-3-5-10-20/h3-12,15-16,22H,13H2,1-2H3,(H2,28,30)/t22?,26-/m0/s1. The third-order valence-electron chi connectivity index (χ3n) is 6.51. The minimum atomic E-state index is -0.817. The first kappa shape index (κ1) is 22.5. The van der Waals surface area contributed by atoms with Crippen LogP contribution >= 0.6 is 11.3 Å². The fourth-order valence-electron chi connectivity index (χ4n) is 4.45. The molecule has 4 aromatic rings. The van der Waals surface area contributed by atoms with Crippen LogP contribution in [0.2, 0.25) is 0 Å². The quantitative estimate of drug-likeness (QED) is 0.449. The van der Waals surface area contributed by atoms with Gasteiger partial charge in [-0.25, -0.2) is 4.68 Å². The van der Waals surface area contributed by atoms with E-state index >= 15 is 0 Å². The molecule has 9 heteroatoms. The summed E-state index contributed by atoms with van der Waals surface area (Å²) in [6.07, 6.45) is 2.08. The number of thiophene rings is 1. The van der Waals surface area contributed by atoms with Crippen LogP contribution in [0.4, 0.5) is 0 Å². The third-order valence-corrected chi connectivity index (χ3v) is 7.68. The summed E-state index contributed by atoms with van der Waals surface area (Å²) in [4.78, 5) is 15.8. The Balaban J connectivity index is 1.54. The zero-order valence-corrected chi connectivity index (χ0v) is 20.1. The van der Waals surface area contributed by atoms with Crippen molar-refractivity contribution in [2.45, 2.75) is 18.9 Å². The monoisotopic (exact) mass is 481 g/mol. The van der Waals surface area contributed by atoms with E-state index in [9.17, 15) is 10.1 Å². The number of nitrogens with zero attached hydrogens (tertiary/aromatic N) is 5. The smallest absolute Gasteiger partial charge is 0.235 e. The highest BCUT2D eigenvalue weighted by atomic mass is 32.1. The molecule has 0 aliphatic carbocycles. The maximum absolute atomic E-state index is 13.5. The molecule has 2 aromatic heterocycles. The molecule has 5 rings (SSSR count). The second-order valence-electron chi connectivity index (χ2n) is 8.69. The van der Waals surface area contributed by atoms with Crippen molar-refractivity contribution in [2.75, 3.05) is 7.05 Å². The average Bonchev–Trinajstić information content (AvgIpc) is 3.56. The van der Waals surface area contributed by atoms with Gasteiger partial charge in [-0.05, 0) is 53.8 Å². The van der Waals surface area contributed by atoms with Gasteiger partial charge in [-0.1, -0.05) is 35.5 Å². The molecule has 2 aromatic carbocycles. The first-order chi connectivity index (χ1) is 16.9. The van der Waals surface area contributed by atoms with Gasteiger partial charge in [0.2, 0.25) is 5.91 Å². The van der Waals surface area contributed by atoms with Gasteiger partial charge in [-0.3, -0.25) is 15.1 Å². The topological polar surface area (TPSA) is 111 Å². The fraction of sp³-hybridized carbons (Fsp3) is 0.192. The average molecular weight is 482 g/mol. The molecule has 2 atom stereocenters. The summed E-state index contributed by atoms with van der Waals surface area (Å²) in [5.41, 5.74) is 3.36. The van der Waals surface area contributed by atoms with Gasteiger partial charge in [-0.2, -0.15) is 5.26 Å². The Morgan fingerprint density at radius 1 is 1.17 bits per heavy atom. The van der Waals surface area contributed by atoms with Gasteiger partial charge in [0.05, 0.1) is 40.7 Å². The van der Waals surface area contributed by atoms with Crippen LogP contribution in [0.5, 0.6) is 0 Å². The van der Waals surface area contributed by atoms with Crippen LogP contribution < -0.4 is 5.32 Å². The largest absolute Gasteiger partial charge is 0.345 e. The molecule has 174 valence electrons. The molecule has 1 fully saturated rings. The van der Waals surface area contributed by atoms with E-state index in [2.05, 4.69) is 21.7 Å². The Bertz CT molecular complexity index is 1450. The van der Waals surface area contributed by atoms with Crippen molar-refractivity contribution >= 4 is 23.2 Å². The Kier molecular flexibility index (Phi) is 5.67. The number of para-hydroxylation sites is 1. The number of guanidine groups is 1. The Labute approximate surface area is 207 Å². The lowest BCUT2D eigenvalue weighted by atomic mass is 9.78. The molecule has 0 saturated carbocycles. The van der Waals surface area contributed by atoms with Gasteiger partial charge in [-0.15, -0.1) is 16.4 Å². The lowest BCUT2D eigenvalue weighted by Crippen LogP contribution is -2.64. The van der Waals surface area contributed by atoms with Crippen LogP contribution in [0, 0.1) is 22.7 Å². The SMILES string of the molecule is CN1C(=N)N[C@](C)(c2cc(-c3cccc(C#N)c3)cs2)C(Cc2cnnn2-c2ccccc2)C1=O. The summed E-state index contributed by atoms with van der Waals surface area (Å²) in [6.45, 7) is 1.97. The number of amides is 1. The van der Waals surface area contributed by atoms with E-state index in [-0.39, 0.29) is 11.9 Å². The maximum Gasteiger partial charge on any atom is 0.235 e. The molecule has 0 radical (unpaired) electrons. The summed E-state index contributed by atoms with van der Waals surface area (Å²) in [5, 5.41) is 31.3. The molecule has 1 aliphatic heterocycles. The molecular formula is C26H23N7OS. The van der Waals surface area contributed by atoms with Crippen molar-refractivity contribution in [1.82, 2.24) is 25.2 Å². The highest BCUT2D eigenvalue weighted by Crippen LogP contribution is 2.41. The van der Waals surface area contributed by atoms with Crippen molar-refractivity contribution in [2.24, 2.45) is 5.92 Å². The summed E-state index contributed by atoms with van der Waals surface area (Å²) >= 11 is 1.53. The molecule has 1 amide bonds. The van der Waals surface area contributed by atoms with Gasteiger partial charge >= 0.3 is 0 Å². The highest BCUT2D eigenvalue weighted by molar-refractivity contribution is 7.10. The summed E-state index contributed by atoms with van der Waals surface area (Å²) in [7, 11) is 1.62. The van der Waals surface area contributed by atoms with Gasteiger partial charge in [0.15, 0.2) is 5.96 Å². The molecule has 1 aliphatic rings. The fourth-order valence-corrected chi connectivity index (χ4v) is 5.54. The van der Waals surface area contributed by atoms with Gasteiger partial charge in [0.1, 0.15) is 0 Å². The van der Waals surface area contributed by atoms with E-state index in [1.54, 1.807) is 24.0 Å². The van der Waals surface area contributed by atoms with Crippen molar-refractivity contribution in [3.05, 3.63) is 88.4 Å². The Morgan fingerprint density at radius 3 is 2.74 bits per heavy atom. The predicted octanol–water partition coefficient (Wildman–Crippen LogP) is 3.94. The molecule has 8 nitrogen and oxygen atoms in total. The number of nitriles is 1. The van der Waals surface area contributed by atoms with Crippen LogP contribution in [-0.2, 0) is 16.8 Å². The van der Waals surface area contributed by atoms with Gasteiger partial charge in [0, 0.05) is 18.3 Å². The van der Waals surface area contributed by atoms with Crippen LogP contribution in [0.15, 0.2) is 72.2 Å². The maximum atomic E-state index is 13.5. The lowest BCUT2D eigenvalue weighted by molar-refractivity contribution is -0.135. The number of carbonyl (C=O) groups excluding carboxylic acids is 1. The molecule has 1 unspecified atom stereocenters. The molecule has 0 bridgehead atoms. The number of hydrogen-bond acceptors (Lipinski definition) is 6. The molecule has 2 N–H and O–H groups in total. The Morgan fingerprint density at radius 2 is 1.97 bits per heavy atom. The number of nitrogens with one attached hydrogen (secondary N) is 2. The lowest BCUT2D eigenvalue weighted by Gasteiger charge is -2.44. The summed E-state index contributed by atoms with van der Waals surface area (Å²) < 4.78 is 1.75. The number of benzene rings is 2. The van der Waals surface area contributed by atoms with Crippen LogP contribution in [0.1, 0.15) is 23.1 Å². The van der Waals surface area contributed by atoms with Crippen molar-refractivity contribution < 1.29 is 4.79 Å². The van der Waals surface area contributed by atoms with E-state index in [4.69, 9.17) is 5.41 Å². The normalized spacial score (nSPS) is 19.9. The number of aromatic nitrogens is 3. The predicted molar refractivity (Wildman–Crippen MR) is 134 cm³/mol. The van der Waals surface area contributed by atoms with Crippen molar-refractivity contribution in [1.29, 1.82) is 10.7 Å². The molecule has 3 heterocycles. The highest BCUT2D eigenvalue weighted by Gasteiger charge is 2.48. The van der Waals surface area contributed by atoms with Gasteiger partial charge < -0.3 is 5.32 Å². The molecule has 35 heavy (non-hydrogen) atoms. The van der Waals surface area contributed by atoms with Crippen LogP contribution in [-0.4, -0.2) is 38.8 Å². The number of rotatable bonds is 5. The second-order valence-corrected chi connectivity index (χ2v) is 9.61. The van der Waals surface area contributed by atoms with Crippen molar-refractivity contribution in [3.63, 3.8) is 0 Å². The minimum Gasteiger partial charge on any atom is -0.345 e. The summed E-state index contributed by atoms with van der Waals surface area (Å²) in [5.74, 6) is -0.581. The van der Waals surface area contributed by atoms with E-state index in [1.165, 1.54) is 16.2 Å². The summed E-state index contributed by atoms with van der Waals surface area (Å²) in [6, 6.07) is 21.4. The first-order valence-electron chi connectivity index (χ1n) is 11.1. The van der Waals surface area contributed by atoms with Crippen LogP contribution in [0.25, 0.3) is 16.8 Å². The van der Waals surface area contributed by atoms with E-state index in [1.807, 2.05) is 66.9 Å². The number of hydrogen-bond donors (Lipinski definition) is 2. The zero-order chi connectivity index (χ0) is 24.6. The minimum absolute atomic E-state index is 0.0601. The van der Waals surface area contributed by atoms with Crippen molar-refractivity contribution in [3.8, 4) is 22.9 Å². The second kappa shape index (κ2) is 8.81. The molecule has 0 spiro atoms. The molecule has 1 saturated heterocycles. The van der Waals surface area contributed by atoms with E-state index in [0.29, 0.717) is 12.0 Å². The zero-order valence-electron chi connectivity index (χ0n) is 19.3. The van der Waals surface area contributed by atoms with Gasteiger partial charge in [0.25, 0.3) is 0 Å². The van der Waals surface area contributed by atoms with Crippen LogP contribution in [0.3, 0.4) is 0 Å². The number of carbonyl (C=O) groups is 1. The van der Waals surface area contributed by atoms with E-state index < -0.39 is 11.5 Å². The first-order valence-corrected chi connectivity index (χ1v) is 12.0. The third kappa shape index (κ3) is 3.98. The molecular weight excluding hydrogens is 458 g/mol.